The molecule has 0 saturated carbocycles. The predicted octanol–water partition coefficient (Wildman–Crippen LogP) is 0.871. The van der Waals surface area contributed by atoms with Crippen LogP contribution in [0.15, 0.2) is 31.0 Å². The molecule has 1 aromatic carbocycles. The molecule has 7 nitrogen and oxygen atoms in total. The number of aromatic amines is 1. The molecule has 7 heteroatoms. The minimum absolute atomic E-state index is 0.586. The van der Waals surface area contributed by atoms with Crippen molar-refractivity contribution in [2.24, 2.45) is 5.73 Å². The van der Waals surface area contributed by atoms with Crippen molar-refractivity contribution in [2.45, 2.75) is 6.42 Å². The lowest BCUT2D eigenvalue weighted by Gasteiger charge is -2.09. The molecule has 3 N–H and O–H groups in total. The van der Waals surface area contributed by atoms with Crippen LogP contribution >= 0.6 is 0 Å². The van der Waals surface area contributed by atoms with Crippen LogP contribution in [-0.2, 0) is 0 Å². The van der Waals surface area contributed by atoms with Gasteiger partial charge in [-0.2, -0.15) is 5.10 Å². The minimum atomic E-state index is 0.586. The van der Waals surface area contributed by atoms with Crippen LogP contribution in [0.25, 0.3) is 16.6 Å². The first-order valence-corrected chi connectivity index (χ1v) is 6.03. The third-order valence-electron chi connectivity index (χ3n) is 2.83. The van der Waals surface area contributed by atoms with Crippen LogP contribution in [0.4, 0.5) is 0 Å². The van der Waals surface area contributed by atoms with E-state index in [0.717, 1.165) is 28.8 Å². The molecule has 0 saturated heterocycles. The van der Waals surface area contributed by atoms with Crippen LogP contribution in [-0.4, -0.2) is 38.1 Å². The van der Waals surface area contributed by atoms with Crippen LogP contribution in [0.2, 0.25) is 0 Å². The minimum Gasteiger partial charge on any atom is -0.493 e. The molecular weight excluding hydrogens is 244 g/mol. The van der Waals surface area contributed by atoms with Gasteiger partial charge in [0.25, 0.3) is 0 Å². The zero-order valence-electron chi connectivity index (χ0n) is 10.3. The summed E-state index contributed by atoms with van der Waals surface area (Å²) in [6.07, 6.45) is 5.85. The lowest BCUT2D eigenvalue weighted by Crippen LogP contribution is -2.06. The third kappa shape index (κ3) is 2.27. The molecule has 19 heavy (non-hydrogen) atoms. The average molecular weight is 258 g/mol. The fourth-order valence-corrected chi connectivity index (χ4v) is 1.87. The summed E-state index contributed by atoms with van der Waals surface area (Å²) in [4.78, 5) is 0. The first-order chi connectivity index (χ1) is 9.38. The van der Waals surface area contributed by atoms with Crippen LogP contribution < -0.4 is 10.5 Å². The third-order valence-corrected chi connectivity index (χ3v) is 2.83. The van der Waals surface area contributed by atoms with Gasteiger partial charge >= 0.3 is 0 Å². The van der Waals surface area contributed by atoms with Gasteiger partial charge in [-0.3, -0.25) is 9.67 Å². The largest absolute Gasteiger partial charge is 0.493 e. The molecular formula is C12H14N6O. The summed E-state index contributed by atoms with van der Waals surface area (Å²) < 4.78 is 7.58. The Kier molecular flexibility index (Phi) is 3.11. The van der Waals surface area contributed by atoms with Gasteiger partial charge in [-0.1, -0.05) is 0 Å². The van der Waals surface area contributed by atoms with Gasteiger partial charge < -0.3 is 10.5 Å². The smallest absolute Gasteiger partial charge is 0.132 e. The van der Waals surface area contributed by atoms with Gasteiger partial charge in [0.05, 0.1) is 29.4 Å². The second kappa shape index (κ2) is 5.07. The maximum Gasteiger partial charge on any atom is 0.132 e. The molecule has 0 radical (unpaired) electrons. The quantitative estimate of drug-likeness (QED) is 0.662. The number of hydrogen-bond donors (Lipinski definition) is 2. The number of aromatic nitrogens is 5. The van der Waals surface area contributed by atoms with E-state index in [0.29, 0.717) is 13.2 Å². The van der Waals surface area contributed by atoms with E-state index < -0.39 is 0 Å². The number of nitrogens with one attached hydrogen (secondary N) is 1. The Labute approximate surface area is 109 Å². The van der Waals surface area contributed by atoms with Crippen molar-refractivity contribution < 1.29 is 4.74 Å². The molecule has 0 aliphatic carbocycles. The average Bonchev–Trinajstić information content (AvgIpc) is 3.09. The van der Waals surface area contributed by atoms with E-state index in [4.69, 9.17) is 10.5 Å². The first kappa shape index (κ1) is 11.7. The molecule has 0 spiro atoms. The van der Waals surface area contributed by atoms with Crippen molar-refractivity contribution in [1.82, 2.24) is 25.0 Å². The monoisotopic (exact) mass is 258 g/mol. The molecule has 2 heterocycles. The maximum absolute atomic E-state index is 5.76. The molecule has 0 aliphatic rings. The van der Waals surface area contributed by atoms with Gasteiger partial charge in [-0.15, -0.1) is 10.2 Å². The number of benzene rings is 1. The molecule has 2 aromatic heterocycles. The summed E-state index contributed by atoms with van der Waals surface area (Å²) in [5.41, 5.74) is 7.31. The van der Waals surface area contributed by atoms with E-state index in [9.17, 15) is 0 Å². The van der Waals surface area contributed by atoms with Crippen molar-refractivity contribution in [3.05, 3.63) is 31.0 Å². The number of nitrogens with two attached hydrogens (primary N) is 1. The summed E-state index contributed by atoms with van der Waals surface area (Å²) >= 11 is 0. The van der Waals surface area contributed by atoms with Crippen molar-refractivity contribution in [1.29, 1.82) is 0 Å². The summed E-state index contributed by atoms with van der Waals surface area (Å²) in [5.74, 6) is 0.781. The van der Waals surface area contributed by atoms with E-state index in [2.05, 4.69) is 20.4 Å². The normalized spacial score (nSPS) is 11.0. The van der Waals surface area contributed by atoms with Gasteiger partial charge in [-0.25, -0.2) is 0 Å². The second-order valence-electron chi connectivity index (χ2n) is 4.13. The van der Waals surface area contributed by atoms with Crippen LogP contribution in [0.1, 0.15) is 6.42 Å². The van der Waals surface area contributed by atoms with Crippen molar-refractivity contribution >= 4 is 10.9 Å². The van der Waals surface area contributed by atoms with E-state index >= 15 is 0 Å². The molecule has 0 fully saturated rings. The molecule has 0 amide bonds. The Bertz CT molecular complexity index is 660. The summed E-state index contributed by atoms with van der Waals surface area (Å²) in [5, 5.41) is 15.5. The summed E-state index contributed by atoms with van der Waals surface area (Å²) in [6.45, 7) is 1.20. The molecule has 98 valence electrons. The molecule has 0 aliphatic heterocycles. The van der Waals surface area contributed by atoms with Crippen molar-refractivity contribution in [3.63, 3.8) is 0 Å². The Morgan fingerprint density at radius 2 is 2.11 bits per heavy atom. The highest BCUT2D eigenvalue weighted by Crippen LogP contribution is 2.27. The van der Waals surface area contributed by atoms with Crippen molar-refractivity contribution in [2.75, 3.05) is 13.2 Å². The highest BCUT2D eigenvalue weighted by Gasteiger charge is 2.08. The van der Waals surface area contributed by atoms with Gasteiger partial charge in [0.15, 0.2) is 0 Å². The lowest BCUT2D eigenvalue weighted by atomic mass is 10.2. The molecule has 0 unspecified atom stereocenters. The summed E-state index contributed by atoms with van der Waals surface area (Å²) in [7, 11) is 0. The number of hydrogen-bond acceptors (Lipinski definition) is 5. The Balaban J connectivity index is 2.00. The Morgan fingerprint density at radius 3 is 2.89 bits per heavy atom. The van der Waals surface area contributed by atoms with Crippen LogP contribution in [0, 0.1) is 0 Å². The fraction of sp³-hybridized carbons (Fsp3) is 0.250. The van der Waals surface area contributed by atoms with Crippen molar-refractivity contribution in [3.8, 4) is 11.4 Å². The zero-order valence-corrected chi connectivity index (χ0v) is 10.3. The maximum atomic E-state index is 5.76. The number of fused-ring (bicyclic) bond motifs is 1. The van der Waals surface area contributed by atoms with E-state index in [1.165, 1.54) is 0 Å². The van der Waals surface area contributed by atoms with Gasteiger partial charge in [-0.05, 0) is 19.0 Å². The van der Waals surface area contributed by atoms with Gasteiger partial charge in [0, 0.05) is 6.07 Å². The Morgan fingerprint density at radius 1 is 1.26 bits per heavy atom. The number of rotatable bonds is 5. The van der Waals surface area contributed by atoms with Gasteiger partial charge in [0.2, 0.25) is 0 Å². The van der Waals surface area contributed by atoms with Gasteiger partial charge in [0.1, 0.15) is 18.4 Å². The standard InChI is InChI=1S/C12H14N6O/c13-2-1-3-19-12-5-9(18-7-15-16-8-18)4-11-10(12)6-14-17-11/h4-8H,1-3,13H2,(H,14,17). The highest BCUT2D eigenvalue weighted by atomic mass is 16.5. The number of H-pyrrole nitrogens is 1. The van der Waals surface area contributed by atoms with E-state index in [1.54, 1.807) is 18.9 Å². The molecule has 0 bridgehead atoms. The first-order valence-electron chi connectivity index (χ1n) is 6.03. The SMILES string of the molecule is NCCCOc1cc(-n2cnnc2)cc2[nH]ncc12. The predicted molar refractivity (Wildman–Crippen MR) is 70.2 cm³/mol. The number of ether oxygens (including phenoxy) is 1. The van der Waals surface area contributed by atoms with Crippen LogP contribution in [0.3, 0.4) is 0 Å². The zero-order chi connectivity index (χ0) is 13.1. The van der Waals surface area contributed by atoms with E-state index in [1.807, 2.05) is 16.7 Å². The summed E-state index contributed by atoms with van der Waals surface area (Å²) in [6, 6.07) is 3.92. The van der Waals surface area contributed by atoms with E-state index in [-0.39, 0.29) is 0 Å². The topological polar surface area (TPSA) is 94.6 Å². The van der Waals surface area contributed by atoms with Crippen LogP contribution in [0.5, 0.6) is 5.75 Å². The second-order valence-corrected chi connectivity index (χ2v) is 4.13. The highest BCUT2D eigenvalue weighted by molar-refractivity contribution is 5.86. The molecule has 3 aromatic rings. The molecule has 0 atom stereocenters. The fourth-order valence-electron chi connectivity index (χ4n) is 1.87. The lowest BCUT2D eigenvalue weighted by molar-refractivity contribution is 0.317. The number of nitrogens with zero attached hydrogens (tertiary/aromatic N) is 4. The Hall–Kier alpha value is -2.41. The molecule has 3 rings (SSSR count).